The second kappa shape index (κ2) is 7.15. The van der Waals surface area contributed by atoms with Crippen LogP contribution in [0.5, 0.6) is 0 Å². The number of nitrogens with one attached hydrogen (secondary N) is 1. The van der Waals surface area contributed by atoms with Crippen molar-refractivity contribution >= 4 is 40.7 Å². The number of benzene rings is 2. The molecule has 0 aliphatic carbocycles. The summed E-state index contributed by atoms with van der Waals surface area (Å²) in [4.78, 5) is 41.3. The fourth-order valence-corrected chi connectivity index (χ4v) is 4.27. The molecule has 2 aromatic carbocycles. The Kier molecular flexibility index (Phi) is 4.78. The molecule has 2 aromatic rings. The second-order valence-electron chi connectivity index (χ2n) is 7.34. The van der Waals surface area contributed by atoms with Gasteiger partial charge in [-0.1, -0.05) is 23.7 Å². The van der Waals surface area contributed by atoms with Crippen LogP contribution in [0, 0.1) is 5.82 Å². The topological polar surface area (TPSA) is 69.7 Å². The highest BCUT2D eigenvalue weighted by Crippen LogP contribution is 2.44. The molecule has 6 nitrogen and oxygen atoms in total. The maximum atomic E-state index is 13.2. The van der Waals surface area contributed by atoms with E-state index in [0.717, 1.165) is 6.07 Å². The molecule has 8 heteroatoms. The Hall–Kier alpha value is -2.93. The van der Waals surface area contributed by atoms with Crippen LogP contribution in [0.15, 0.2) is 42.5 Å². The zero-order valence-corrected chi connectivity index (χ0v) is 16.5. The third kappa shape index (κ3) is 3.25. The van der Waals surface area contributed by atoms with Crippen LogP contribution in [0.1, 0.15) is 36.5 Å². The molecule has 2 aliphatic heterocycles. The maximum absolute atomic E-state index is 13.2. The van der Waals surface area contributed by atoms with Crippen LogP contribution in [0.3, 0.4) is 0 Å². The molecule has 1 atom stereocenters. The van der Waals surface area contributed by atoms with Gasteiger partial charge in [-0.05, 0) is 43.7 Å². The number of para-hydroxylation sites is 1. The van der Waals surface area contributed by atoms with Crippen LogP contribution in [-0.4, -0.2) is 34.8 Å². The van der Waals surface area contributed by atoms with Crippen molar-refractivity contribution in [2.45, 2.75) is 31.8 Å². The third-order valence-corrected chi connectivity index (χ3v) is 5.83. The number of rotatable bonds is 4. The lowest BCUT2D eigenvalue weighted by atomic mass is 9.98. The molecule has 1 saturated heterocycles. The van der Waals surface area contributed by atoms with Crippen molar-refractivity contribution in [1.29, 1.82) is 0 Å². The number of carbonyl (C=O) groups is 3. The Balaban J connectivity index is 1.54. The van der Waals surface area contributed by atoms with E-state index in [1.165, 1.54) is 12.1 Å². The number of hydrogen-bond donors (Lipinski definition) is 1. The fourth-order valence-electron chi connectivity index (χ4n) is 4.06. The van der Waals surface area contributed by atoms with E-state index in [9.17, 15) is 18.8 Å². The standard InChI is InChI=1S/C21H19ClFN3O3/c1-21-10-8-19(28)26(21)17-5-3-2-4-14(17)20(29)25(21)11-9-18(27)24-16-7-6-13(23)12-15(16)22/h2-7,12H,8-11H2,1H3,(H,24,27). The van der Waals surface area contributed by atoms with Crippen molar-refractivity contribution in [1.82, 2.24) is 4.90 Å². The first-order valence-electron chi connectivity index (χ1n) is 9.30. The molecule has 0 radical (unpaired) electrons. The highest BCUT2D eigenvalue weighted by molar-refractivity contribution is 6.33. The minimum Gasteiger partial charge on any atom is -0.325 e. The molecule has 150 valence electrons. The smallest absolute Gasteiger partial charge is 0.257 e. The lowest BCUT2D eigenvalue weighted by Crippen LogP contribution is -2.62. The molecule has 0 saturated carbocycles. The Morgan fingerprint density at radius 2 is 2.00 bits per heavy atom. The number of nitrogens with zero attached hydrogens (tertiary/aromatic N) is 2. The van der Waals surface area contributed by atoms with Crippen molar-refractivity contribution < 1.29 is 18.8 Å². The van der Waals surface area contributed by atoms with Gasteiger partial charge in [0.05, 0.1) is 22.0 Å². The molecule has 0 aromatic heterocycles. The first-order chi connectivity index (χ1) is 13.8. The number of anilines is 2. The summed E-state index contributed by atoms with van der Waals surface area (Å²) in [6, 6.07) is 10.7. The van der Waals surface area contributed by atoms with Crippen LogP contribution in [-0.2, 0) is 9.59 Å². The van der Waals surface area contributed by atoms with Gasteiger partial charge in [-0.3, -0.25) is 19.3 Å². The molecule has 3 amide bonds. The van der Waals surface area contributed by atoms with E-state index < -0.39 is 11.5 Å². The number of fused-ring (bicyclic) bond motifs is 3. The number of amides is 3. The molecule has 29 heavy (non-hydrogen) atoms. The Morgan fingerprint density at radius 3 is 2.76 bits per heavy atom. The molecule has 2 heterocycles. The van der Waals surface area contributed by atoms with Crippen LogP contribution in [0.25, 0.3) is 0 Å². The van der Waals surface area contributed by atoms with Gasteiger partial charge in [-0.2, -0.15) is 0 Å². The van der Waals surface area contributed by atoms with E-state index in [2.05, 4.69) is 5.32 Å². The molecular formula is C21H19ClFN3O3. The summed E-state index contributed by atoms with van der Waals surface area (Å²) in [6.07, 6.45) is 0.850. The predicted molar refractivity (Wildman–Crippen MR) is 107 cm³/mol. The summed E-state index contributed by atoms with van der Waals surface area (Å²) in [5, 5.41) is 2.73. The minimum absolute atomic E-state index is 0.0131. The summed E-state index contributed by atoms with van der Waals surface area (Å²) in [5.41, 5.74) is 0.553. The largest absolute Gasteiger partial charge is 0.325 e. The van der Waals surface area contributed by atoms with E-state index >= 15 is 0 Å². The Bertz CT molecular complexity index is 1030. The molecule has 1 N–H and O–H groups in total. The lowest BCUT2D eigenvalue weighted by molar-refractivity contribution is -0.117. The molecule has 1 fully saturated rings. The van der Waals surface area contributed by atoms with Crippen molar-refractivity contribution in [3.63, 3.8) is 0 Å². The van der Waals surface area contributed by atoms with Crippen LogP contribution < -0.4 is 10.2 Å². The molecule has 4 rings (SSSR count). The molecule has 0 bridgehead atoms. The van der Waals surface area contributed by atoms with Gasteiger partial charge in [0, 0.05) is 19.4 Å². The highest BCUT2D eigenvalue weighted by Gasteiger charge is 2.52. The fraction of sp³-hybridized carbons (Fsp3) is 0.286. The first-order valence-corrected chi connectivity index (χ1v) is 9.68. The molecule has 2 aliphatic rings. The summed E-state index contributed by atoms with van der Waals surface area (Å²) in [6.45, 7) is 1.98. The van der Waals surface area contributed by atoms with Crippen molar-refractivity contribution in [3.05, 3.63) is 58.9 Å². The summed E-state index contributed by atoms with van der Waals surface area (Å²) >= 11 is 5.95. The maximum Gasteiger partial charge on any atom is 0.257 e. The number of carbonyl (C=O) groups excluding carboxylic acids is 3. The van der Waals surface area contributed by atoms with Gasteiger partial charge < -0.3 is 10.2 Å². The number of hydrogen-bond acceptors (Lipinski definition) is 3. The molecule has 0 spiro atoms. The van der Waals surface area contributed by atoms with E-state index in [0.29, 0.717) is 29.8 Å². The van der Waals surface area contributed by atoms with Gasteiger partial charge in [0.25, 0.3) is 5.91 Å². The van der Waals surface area contributed by atoms with Crippen LogP contribution in [0.4, 0.5) is 15.8 Å². The predicted octanol–water partition coefficient (Wildman–Crippen LogP) is 3.81. The van der Waals surface area contributed by atoms with Gasteiger partial charge in [-0.15, -0.1) is 0 Å². The van der Waals surface area contributed by atoms with Crippen LogP contribution in [0.2, 0.25) is 5.02 Å². The van der Waals surface area contributed by atoms with Gasteiger partial charge in [-0.25, -0.2) is 4.39 Å². The van der Waals surface area contributed by atoms with E-state index in [4.69, 9.17) is 11.6 Å². The third-order valence-electron chi connectivity index (χ3n) is 5.51. The summed E-state index contributed by atoms with van der Waals surface area (Å²) in [5.74, 6) is -1.10. The zero-order valence-electron chi connectivity index (χ0n) is 15.7. The average Bonchev–Trinajstić information content (AvgIpc) is 2.99. The second-order valence-corrected chi connectivity index (χ2v) is 7.75. The number of halogens is 2. The van der Waals surface area contributed by atoms with Crippen molar-refractivity contribution in [2.75, 3.05) is 16.8 Å². The normalized spacial score (nSPS) is 20.5. The van der Waals surface area contributed by atoms with Gasteiger partial charge in [0.15, 0.2) is 0 Å². The average molecular weight is 416 g/mol. The van der Waals surface area contributed by atoms with E-state index in [1.807, 2.05) is 6.92 Å². The SMILES string of the molecule is CC12CCC(=O)N1c1ccccc1C(=O)N2CCC(=O)Nc1ccc(F)cc1Cl. The summed E-state index contributed by atoms with van der Waals surface area (Å²) in [7, 11) is 0. The zero-order chi connectivity index (χ0) is 20.8. The van der Waals surface area contributed by atoms with E-state index in [1.54, 1.807) is 34.1 Å². The quantitative estimate of drug-likeness (QED) is 0.825. The monoisotopic (exact) mass is 415 g/mol. The van der Waals surface area contributed by atoms with Crippen molar-refractivity contribution in [3.8, 4) is 0 Å². The first kappa shape index (κ1) is 19.4. The van der Waals surface area contributed by atoms with Gasteiger partial charge in [0.1, 0.15) is 11.5 Å². The Morgan fingerprint density at radius 1 is 1.24 bits per heavy atom. The van der Waals surface area contributed by atoms with E-state index in [-0.39, 0.29) is 35.7 Å². The lowest BCUT2D eigenvalue weighted by Gasteiger charge is -2.48. The molecular weight excluding hydrogens is 397 g/mol. The van der Waals surface area contributed by atoms with Crippen LogP contribution >= 0.6 is 11.6 Å². The molecule has 1 unspecified atom stereocenters. The Labute approximate surface area is 172 Å². The summed E-state index contributed by atoms with van der Waals surface area (Å²) < 4.78 is 13.2. The highest BCUT2D eigenvalue weighted by atomic mass is 35.5. The van der Waals surface area contributed by atoms with Crippen molar-refractivity contribution in [2.24, 2.45) is 0 Å². The van der Waals surface area contributed by atoms with Gasteiger partial charge >= 0.3 is 0 Å². The van der Waals surface area contributed by atoms with Gasteiger partial charge in [0.2, 0.25) is 11.8 Å². The minimum atomic E-state index is -0.809.